The molecule has 120 valence electrons. The first kappa shape index (κ1) is 15.5. The molecule has 0 amide bonds. The van der Waals surface area contributed by atoms with Gasteiger partial charge in [-0.2, -0.15) is 0 Å². The van der Waals surface area contributed by atoms with Crippen molar-refractivity contribution in [3.63, 3.8) is 0 Å². The van der Waals surface area contributed by atoms with Crippen LogP contribution in [0.1, 0.15) is 71.6 Å². The van der Waals surface area contributed by atoms with Crippen molar-refractivity contribution in [2.75, 3.05) is 6.61 Å². The summed E-state index contributed by atoms with van der Waals surface area (Å²) in [5, 5.41) is 0. The minimum absolute atomic E-state index is 0.0146. The van der Waals surface area contributed by atoms with E-state index in [0.717, 1.165) is 51.0 Å². The summed E-state index contributed by atoms with van der Waals surface area (Å²) in [6, 6.07) is 0. The van der Waals surface area contributed by atoms with Crippen molar-refractivity contribution in [1.29, 1.82) is 0 Å². The zero-order valence-corrected chi connectivity index (χ0v) is 13.6. The van der Waals surface area contributed by atoms with Gasteiger partial charge in [0.25, 0.3) is 0 Å². The van der Waals surface area contributed by atoms with Gasteiger partial charge in [0.2, 0.25) is 0 Å². The molecule has 3 heteroatoms. The van der Waals surface area contributed by atoms with Crippen molar-refractivity contribution < 1.29 is 14.3 Å². The van der Waals surface area contributed by atoms with E-state index in [1.165, 1.54) is 19.3 Å². The summed E-state index contributed by atoms with van der Waals surface area (Å²) in [5.74, 6) is 1.67. The van der Waals surface area contributed by atoms with Crippen LogP contribution in [0.15, 0.2) is 0 Å². The number of carbonyl (C=O) groups is 1. The van der Waals surface area contributed by atoms with Gasteiger partial charge in [-0.1, -0.05) is 13.3 Å². The van der Waals surface area contributed by atoms with E-state index in [2.05, 4.69) is 13.8 Å². The van der Waals surface area contributed by atoms with E-state index in [4.69, 9.17) is 9.47 Å². The Bertz CT molecular complexity index is 375. The van der Waals surface area contributed by atoms with Gasteiger partial charge in [0, 0.05) is 17.9 Å². The van der Waals surface area contributed by atoms with Gasteiger partial charge in [0.05, 0.1) is 6.10 Å². The summed E-state index contributed by atoms with van der Waals surface area (Å²) in [6.07, 6.45) is 10.2. The summed E-state index contributed by atoms with van der Waals surface area (Å²) in [6.45, 7) is 5.15. The Morgan fingerprint density at radius 1 is 1.33 bits per heavy atom. The molecule has 2 unspecified atom stereocenters. The van der Waals surface area contributed by atoms with E-state index in [1.54, 1.807) is 0 Å². The minimum atomic E-state index is -0.0963. The van der Waals surface area contributed by atoms with E-state index in [-0.39, 0.29) is 17.8 Å². The zero-order chi connectivity index (χ0) is 14.9. The highest BCUT2D eigenvalue weighted by atomic mass is 16.7. The molecule has 3 rings (SSSR count). The summed E-state index contributed by atoms with van der Waals surface area (Å²) < 4.78 is 11.6. The van der Waals surface area contributed by atoms with Gasteiger partial charge < -0.3 is 9.47 Å². The Kier molecular flexibility index (Phi) is 4.70. The molecule has 21 heavy (non-hydrogen) atoms. The number of fused-ring (bicyclic) bond motifs is 1. The topological polar surface area (TPSA) is 35.5 Å². The molecule has 0 radical (unpaired) electrons. The van der Waals surface area contributed by atoms with E-state index < -0.39 is 0 Å². The quantitative estimate of drug-likeness (QED) is 0.766. The summed E-state index contributed by atoms with van der Waals surface area (Å²) in [7, 11) is 0. The van der Waals surface area contributed by atoms with E-state index in [9.17, 15) is 4.79 Å². The van der Waals surface area contributed by atoms with Gasteiger partial charge in [-0.3, -0.25) is 4.79 Å². The molecule has 3 nitrogen and oxygen atoms in total. The largest absolute Gasteiger partial charge is 0.353 e. The predicted molar refractivity (Wildman–Crippen MR) is 81.9 cm³/mol. The van der Waals surface area contributed by atoms with Crippen LogP contribution in [0.5, 0.6) is 0 Å². The fourth-order valence-electron chi connectivity index (χ4n) is 4.13. The van der Waals surface area contributed by atoms with Gasteiger partial charge in [0.1, 0.15) is 5.78 Å². The third-order valence-electron chi connectivity index (χ3n) is 5.78. The maximum atomic E-state index is 12.6. The first-order chi connectivity index (χ1) is 10.1. The molecular formula is C18H30O3. The zero-order valence-electron chi connectivity index (χ0n) is 13.6. The van der Waals surface area contributed by atoms with Crippen LogP contribution in [-0.4, -0.2) is 24.8 Å². The maximum Gasteiger partial charge on any atom is 0.157 e. The van der Waals surface area contributed by atoms with Crippen LogP contribution in [0.2, 0.25) is 0 Å². The van der Waals surface area contributed by atoms with Crippen LogP contribution in [-0.2, 0) is 14.3 Å². The number of rotatable bonds is 5. The van der Waals surface area contributed by atoms with Gasteiger partial charge >= 0.3 is 0 Å². The van der Waals surface area contributed by atoms with Gasteiger partial charge in [-0.05, 0) is 64.2 Å². The average Bonchev–Trinajstić information content (AvgIpc) is 3.25. The lowest BCUT2D eigenvalue weighted by molar-refractivity contribution is -0.186. The number of ketones is 1. The van der Waals surface area contributed by atoms with Crippen molar-refractivity contribution in [1.82, 2.24) is 0 Å². The summed E-state index contributed by atoms with van der Waals surface area (Å²) in [5.41, 5.74) is -0.0963. The highest BCUT2D eigenvalue weighted by Gasteiger charge is 2.51. The van der Waals surface area contributed by atoms with Gasteiger partial charge in [-0.15, -0.1) is 0 Å². The number of carbonyl (C=O) groups excluding carboxylic acids is 1. The summed E-state index contributed by atoms with van der Waals surface area (Å²) >= 11 is 0. The Morgan fingerprint density at radius 3 is 2.95 bits per heavy atom. The lowest BCUT2D eigenvalue weighted by atomic mass is 9.76. The molecule has 1 aliphatic heterocycles. The number of hydrogen-bond donors (Lipinski definition) is 0. The first-order valence-electron chi connectivity index (χ1n) is 8.90. The van der Waals surface area contributed by atoms with Crippen molar-refractivity contribution in [3.8, 4) is 0 Å². The molecule has 3 aliphatic rings. The molecule has 0 N–H and O–H groups in total. The number of Topliss-reactive ketones (excluding diaryl/α,β-unsaturated/α-hetero) is 1. The van der Waals surface area contributed by atoms with E-state index in [0.29, 0.717) is 11.7 Å². The Balaban J connectivity index is 1.47. The third kappa shape index (κ3) is 3.68. The SMILES string of the molecule is CC(CC[C@@]1(C)CCC[C@@H]2C[C@@H]2C1=O)OC1CCCCO1. The molecule has 0 aromatic heterocycles. The van der Waals surface area contributed by atoms with Crippen molar-refractivity contribution in [2.24, 2.45) is 17.3 Å². The molecule has 3 fully saturated rings. The standard InChI is InChI=1S/C18H30O3/c1-13(21-16-7-3-4-11-20-16)8-10-18(2)9-5-6-14-12-15(14)17(18)19/h13-16H,3-12H2,1-2H3/t13?,14-,15+,16?,18-/m1/s1. The fourth-order valence-corrected chi connectivity index (χ4v) is 4.13. The third-order valence-corrected chi connectivity index (χ3v) is 5.78. The predicted octanol–water partition coefficient (Wildman–Crippen LogP) is 4.09. The average molecular weight is 294 g/mol. The smallest absolute Gasteiger partial charge is 0.157 e. The van der Waals surface area contributed by atoms with Crippen LogP contribution in [0.3, 0.4) is 0 Å². The number of ether oxygens (including phenoxy) is 2. The molecule has 0 bridgehead atoms. The lowest BCUT2D eigenvalue weighted by Crippen LogP contribution is -2.31. The summed E-state index contributed by atoms with van der Waals surface area (Å²) in [4.78, 5) is 12.6. The first-order valence-corrected chi connectivity index (χ1v) is 8.90. The van der Waals surface area contributed by atoms with Crippen molar-refractivity contribution >= 4 is 5.78 Å². The highest BCUT2D eigenvalue weighted by Crippen LogP contribution is 2.52. The maximum absolute atomic E-state index is 12.6. The van der Waals surface area contributed by atoms with Crippen LogP contribution < -0.4 is 0 Å². The molecule has 2 saturated carbocycles. The Morgan fingerprint density at radius 2 is 2.19 bits per heavy atom. The van der Waals surface area contributed by atoms with E-state index in [1.807, 2.05) is 0 Å². The second kappa shape index (κ2) is 6.37. The molecule has 2 aliphatic carbocycles. The number of hydrogen-bond acceptors (Lipinski definition) is 3. The van der Waals surface area contributed by atoms with E-state index >= 15 is 0 Å². The monoisotopic (exact) mass is 294 g/mol. The molecule has 5 atom stereocenters. The van der Waals surface area contributed by atoms with Gasteiger partial charge in [-0.25, -0.2) is 0 Å². The second-order valence-electron chi connectivity index (χ2n) is 7.70. The Hall–Kier alpha value is -0.410. The normalized spacial score (nSPS) is 41.2. The van der Waals surface area contributed by atoms with Crippen molar-refractivity contribution in [3.05, 3.63) is 0 Å². The molecule has 1 saturated heterocycles. The molecule has 0 aromatic rings. The fraction of sp³-hybridized carbons (Fsp3) is 0.944. The lowest BCUT2D eigenvalue weighted by Gasteiger charge is -2.30. The molecular weight excluding hydrogens is 264 g/mol. The minimum Gasteiger partial charge on any atom is -0.353 e. The molecule has 0 aromatic carbocycles. The van der Waals surface area contributed by atoms with Crippen LogP contribution in [0, 0.1) is 17.3 Å². The van der Waals surface area contributed by atoms with Crippen LogP contribution in [0.25, 0.3) is 0 Å². The molecule has 1 heterocycles. The molecule has 0 spiro atoms. The second-order valence-corrected chi connectivity index (χ2v) is 7.70. The van der Waals surface area contributed by atoms with Crippen molar-refractivity contribution in [2.45, 2.75) is 84.0 Å². The van der Waals surface area contributed by atoms with Gasteiger partial charge in [0.15, 0.2) is 6.29 Å². The van der Waals surface area contributed by atoms with Crippen LogP contribution in [0.4, 0.5) is 0 Å². The Labute approximate surface area is 128 Å². The van der Waals surface area contributed by atoms with Crippen LogP contribution >= 0.6 is 0 Å². The highest BCUT2D eigenvalue weighted by molar-refractivity contribution is 5.89.